The molecule has 0 amide bonds. The smallest absolute Gasteiger partial charge is 0.190 e. The highest BCUT2D eigenvalue weighted by atomic mass is 32.1. The van der Waals surface area contributed by atoms with E-state index >= 15 is 0 Å². The number of hydrogen-bond donors (Lipinski definition) is 0. The Bertz CT molecular complexity index is 680. The molecule has 0 aliphatic heterocycles. The minimum atomic E-state index is 0.804. The highest BCUT2D eigenvalue weighted by Crippen LogP contribution is 2.27. The molecule has 0 saturated heterocycles. The summed E-state index contributed by atoms with van der Waals surface area (Å²) in [6, 6.07) is 7.96. The van der Waals surface area contributed by atoms with Gasteiger partial charge in [0.25, 0.3) is 0 Å². The Labute approximate surface area is 136 Å². The number of rotatable bonds is 4. The summed E-state index contributed by atoms with van der Waals surface area (Å²) in [6.07, 6.45) is 6.88. The van der Waals surface area contributed by atoms with Crippen molar-refractivity contribution in [1.82, 2.24) is 4.57 Å². The van der Waals surface area contributed by atoms with Gasteiger partial charge < -0.3 is 9.30 Å². The molecule has 1 fully saturated rings. The fourth-order valence-electron chi connectivity index (χ4n) is 3.18. The normalized spacial score (nSPS) is 16.9. The second kappa shape index (κ2) is 7.14. The first-order valence-corrected chi connectivity index (χ1v) is 8.98. The van der Waals surface area contributed by atoms with Crippen molar-refractivity contribution < 1.29 is 4.74 Å². The van der Waals surface area contributed by atoms with E-state index in [0.717, 1.165) is 28.7 Å². The van der Waals surface area contributed by atoms with Gasteiger partial charge in [-0.15, -0.1) is 11.3 Å². The monoisotopic (exact) mass is 316 g/mol. The van der Waals surface area contributed by atoms with Crippen LogP contribution in [0.5, 0.6) is 5.75 Å². The van der Waals surface area contributed by atoms with Gasteiger partial charge in [0.05, 0.1) is 7.11 Å². The SMILES string of the molecule is COc1ccccc1N=c1scc(C)n1CC1CCCCC1. The molecule has 0 bridgehead atoms. The zero-order valence-corrected chi connectivity index (χ0v) is 14.2. The van der Waals surface area contributed by atoms with Crippen molar-refractivity contribution in [2.75, 3.05) is 7.11 Å². The van der Waals surface area contributed by atoms with E-state index in [2.05, 4.69) is 16.9 Å². The van der Waals surface area contributed by atoms with E-state index < -0.39 is 0 Å². The molecule has 1 aromatic carbocycles. The first kappa shape index (κ1) is 15.3. The van der Waals surface area contributed by atoms with Gasteiger partial charge in [0.15, 0.2) is 4.80 Å². The Hall–Kier alpha value is -1.55. The van der Waals surface area contributed by atoms with Crippen LogP contribution >= 0.6 is 11.3 Å². The predicted octanol–water partition coefficient (Wildman–Crippen LogP) is 4.68. The summed E-state index contributed by atoms with van der Waals surface area (Å²) in [6.45, 7) is 3.28. The third kappa shape index (κ3) is 3.43. The van der Waals surface area contributed by atoms with Crippen LogP contribution in [-0.4, -0.2) is 11.7 Å². The molecule has 0 atom stereocenters. The topological polar surface area (TPSA) is 26.5 Å². The molecule has 0 unspecified atom stereocenters. The van der Waals surface area contributed by atoms with Crippen LogP contribution < -0.4 is 9.54 Å². The predicted molar refractivity (Wildman–Crippen MR) is 91.8 cm³/mol. The lowest BCUT2D eigenvalue weighted by Crippen LogP contribution is -2.22. The maximum Gasteiger partial charge on any atom is 0.190 e. The maximum absolute atomic E-state index is 5.42. The number of ether oxygens (including phenoxy) is 1. The average molecular weight is 316 g/mol. The van der Waals surface area contributed by atoms with Gasteiger partial charge >= 0.3 is 0 Å². The molecule has 1 saturated carbocycles. The summed E-state index contributed by atoms with van der Waals surface area (Å²) < 4.78 is 7.80. The van der Waals surface area contributed by atoms with E-state index in [4.69, 9.17) is 9.73 Å². The van der Waals surface area contributed by atoms with Gasteiger partial charge in [0, 0.05) is 17.6 Å². The fraction of sp³-hybridized carbons (Fsp3) is 0.500. The molecule has 3 nitrogen and oxygen atoms in total. The molecular formula is C18H24N2OS. The van der Waals surface area contributed by atoms with Crippen LogP contribution in [0.1, 0.15) is 37.8 Å². The van der Waals surface area contributed by atoms with Crippen LogP contribution in [0.3, 0.4) is 0 Å². The van der Waals surface area contributed by atoms with E-state index in [0.29, 0.717) is 0 Å². The van der Waals surface area contributed by atoms with Crippen molar-refractivity contribution in [3.05, 3.63) is 40.1 Å². The van der Waals surface area contributed by atoms with Crippen LogP contribution in [-0.2, 0) is 6.54 Å². The third-order valence-electron chi connectivity index (χ3n) is 4.46. The second-order valence-electron chi connectivity index (χ2n) is 6.06. The number of methoxy groups -OCH3 is 1. The van der Waals surface area contributed by atoms with Gasteiger partial charge in [-0.25, -0.2) is 4.99 Å². The number of nitrogens with zero attached hydrogens (tertiary/aromatic N) is 2. The number of aromatic nitrogens is 1. The summed E-state index contributed by atoms with van der Waals surface area (Å²) in [5.74, 6) is 1.64. The lowest BCUT2D eigenvalue weighted by Gasteiger charge is -2.22. The summed E-state index contributed by atoms with van der Waals surface area (Å²) in [4.78, 5) is 5.93. The molecule has 2 aromatic rings. The Morgan fingerprint density at radius 3 is 2.77 bits per heavy atom. The first-order valence-electron chi connectivity index (χ1n) is 8.10. The van der Waals surface area contributed by atoms with Crippen molar-refractivity contribution in [3.8, 4) is 5.75 Å². The van der Waals surface area contributed by atoms with Gasteiger partial charge in [-0.05, 0) is 37.8 Å². The van der Waals surface area contributed by atoms with E-state index in [1.54, 1.807) is 18.4 Å². The summed E-state index contributed by atoms with van der Waals surface area (Å²) in [7, 11) is 1.70. The Kier molecular flexibility index (Phi) is 4.98. The molecule has 0 N–H and O–H groups in total. The molecule has 1 aliphatic carbocycles. The minimum absolute atomic E-state index is 0.804. The van der Waals surface area contributed by atoms with E-state index in [1.165, 1.54) is 37.8 Å². The zero-order valence-electron chi connectivity index (χ0n) is 13.4. The van der Waals surface area contributed by atoms with Crippen LogP contribution in [0.25, 0.3) is 0 Å². The van der Waals surface area contributed by atoms with Crippen LogP contribution in [0.2, 0.25) is 0 Å². The third-order valence-corrected chi connectivity index (χ3v) is 5.44. The van der Waals surface area contributed by atoms with Gasteiger partial charge in [-0.2, -0.15) is 0 Å². The van der Waals surface area contributed by atoms with Gasteiger partial charge in [-0.3, -0.25) is 0 Å². The summed E-state index contributed by atoms with van der Waals surface area (Å²) >= 11 is 1.72. The van der Waals surface area contributed by atoms with E-state index in [1.807, 2.05) is 24.3 Å². The lowest BCUT2D eigenvalue weighted by atomic mass is 9.89. The largest absolute Gasteiger partial charge is 0.494 e. The van der Waals surface area contributed by atoms with Crippen LogP contribution in [0, 0.1) is 12.8 Å². The lowest BCUT2D eigenvalue weighted by molar-refractivity contribution is 0.315. The van der Waals surface area contributed by atoms with Gasteiger partial charge in [-0.1, -0.05) is 31.4 Å². The second-order valence-corrected chi connectivity index (χ2v) is 6.89. The number of hydrogen-bond acceptors (Lipinski definition) is 3. The fourth-order valence-corrected chi connectivity index (χ4v) is 4.08. The molecular weight excluding hydrogens is 292 g/mol. The quantitative estimate of drug-likeness (QED) is 0.804. The van der Waals surface area contributed by atoms with Crippen molar-refractivity contribution in [2.24, 2.45) is 10.9 Å². The Morgan fingerprint density at radius 2 is 2.00 bits per heavy atom. The molecule has 1 aromatic heterocycles. The molecule has 1 aliphatic rings. The zero-order chi connectivity index (χ0) is 15.4. The van der Waals surface area contributed by atoms with Crippen molar-refractivity contribution in [3.63, 3.8) is 0 Å². The molecule has 0 radical (unpaired) electrons. The van der Waals surface area contributed by atoms with E-state index in [9.17, 15) is 0 Å². The maximum atomic E-state index is 5.42. The summed E-state index contributed by atoms with van der Waals surface area (Å²) in [5, 5.41) is 2.21. The van der Waals surface area contributed by atoms with Crippen molar-refractivity contribution in [1.29, 1.82) is 0 Å². The highest BCUT2D eigenvalue weighted by Gasteiger charge is 2.15. The number of benzene rings is 1. The number of para-hydroxylation sites is 2. The average Bonchev–Trinajstić information content (AvgIpc) is 2.89. The molecule has 1 heterocycles. The van der Waals surface area contributed by atoms with Gasteiger partial charge in [0.1, 0.15) is 11.4 Å². The number of aryl methyl sites for hydroxylation is 1. The van der Waals surface area contributed by atoms with Crippen molar-refractivity contribution >= 4 is 17.0 Å². The molecule has 3 rings (SSSR count). The minimum Gasteiger partial charge on any atom is -0.494 e. The first-order chi connectivity index (χ1) is 10.8. The number of thiazole rings is 1. The molecule has 0 spiro atoms. The Morgan fingerprint density at radius 1 is 1.23 bits per heavy atom. The van der Waals surface area contributed by atoms with Crippen molar-refractivity contribution in [2.45, 2.75) is 45.6 Å². The summed E-state index contributed by atoms with van der Waals surface area (Å²) in [5.41, 5.74) is 2.22. The molecule has 22 heavy (non-hydrogen) atoms. The van der Waals surface area contributed by atoms with Gasteiger partial charge in [0.2, 0.25) is 0 Å². The molecule has 118 valence electrons. The Balaban J connectivity index is 1.92. The van der Waals surface area contributed by atoms with Crippen LogP contribution in [0.15, 0.2) is 34.6 Å². The highest BCUT2D eigenvalue weighted by molar-refractivity contribution is 7.07. The van der Waals surface area contributed by atoms with Crippen LogP contribution in [0.4, 0.5) is 5.69 Å². The molecule has 4 heteroatoms. The standard InChI is InChI=1S/C18H24N2OS/c1-14-13-22-18(19-16-10-6-7-11-17(16)21-2)20(14)12-15-8-4-3-5-9-15/h6-7,10-11,13,15H,3-5,8-9,12H2,1-2H3. The van der Waals surface area contributed by atoms with E-state index in [-0.39, 0.29) is 0 Å².